The topological polar surface area (TPSA) is 66.8 Å². The van der Waals surface area contributed by atoms with Crippen LogP contribution in [0.4, 0.5) is 0 Å². The highest BCUT2D eigenvalue weighted by Crippen LogP contribution is 2.21. The van der Waals surface area contributed by atoms with E-state index in [-0.39, 0.29) is 5.56 Å². The molecule has 0 radical (unpaired) electrons. The van der Waals surface area contributed by atoms with Crippen LogP contribution in [0.2, 0.25) is 0 Å². The molecule has 0 fully saturated rings. The van der Waals surface area contributed by atoms with E-state index in [1.807, 2.05) is 12.1 Å². The van der Waals surface area contributed by atoms with E-state index in [0.29, 0.717) is 12.4 Å². The van der Waals surface area contributed by atoms with Crippen LogP contribution >= 0.6 is 0 Å². The highest BCUT2D eigenvalue weighted by atomic mass is 16.1. The third-order valence-corrected chi connectivity index (χ3v) is 5.38. The van der Waals surface area contributed by atoms with Crippen LogP contribution in [0, 0.1) is 13.8 Å². The summed E-state index contributed by atoms with van der Waals surface area (Å²) in [7, 11) is 2.09. The number of H-pyrrole nitrogens is 1. The van der Waals surface area contributed by atoms with E-state index in [1.54, 1.807) is 12.4 Å². The first kappa shape index (κ1) is 16.7. The summed E-state index contributed by atoms with van der Waals surface area (Å²) in [6.45, 7) is 6.68. The Morgan fingerprint density at radius 1 is 1.23 bits per heavy atom. The summed E-state index contributed by atoms with van der Waals surface area (Å²) in [5.74, 6) is 0.624. The van der Waals surface area contributed by atoms with Crippen molar-refractivity contribution in [1.82, 2.24) is 24.4 Å². The average molecular weight is 349 g/mol. The monoisotopic (exact) mass is 349 g/mol. The van der Waals surface area contributed by atoms with Crippen molar-refractivity contribution >= 4 is 0 Å². The van der Waals surface area contributed by atoms with Gasteiger partial charge >= 0.3 is 0 Å². The summed E-state index contributed by atoms with van der Waals surface area (Å²) in [5, 5.41) is 0. The van der Waals surface area contributed by atoms with Crippen LogP contribution in [0.5, 0.6) is 0 Å². The van der Waals surface area contributed by atoms with E-state index in [2.05, 4.69) is 46.4 Å². The predicted octanol–water partition coefficient (Wildman–Crippen LogP) is 2.35. The SMILES string of the molecule is Cc1cc(CN2CCc3nc(-c4ccncc4)[nH]c(=O)c3C2)c(C)n1C. The molecular weight excluding hydrogens is 326 g/mol. The maximum absolute atomic E-state index is 12.6. The van der Waals surface area contributed by atoms with Gasteiger partial charge in [-0.3, -0.25) is 14.7 Å². The molecule has 134 valence electrons. The Bertz CT molecular complexity index is 1000. The number of aryl methyl sites for hydroxylation is 1. The number of nitrogens with zero attached hydrogens (tertiary/aromatic N) is 4. The van der Waals surface area contributed by atoms with Crippen LogP contribution in [-0.4, -0.2) is 31.0 Å². The molecule has 6 nitrogen and oxygen atoms in total. The molecule has 0 aliphatic carbocycles. The fraction of sp³-hybridized carbons (Fsp3) is 0.350. The number of aromatic amines is 1. The molecule has 3 aromatic heterocycles. The fourth-order valence-electron chi connectivity index (χ4n) is 3.60. The standard InChI is InChI=1S/C20H23N5O/c1-13-10-16(14(2)24(13)3)11-25-9-6-18-17(12-25)20(26)23-19(22-18)15-4-7-21-8-5-15/h4-5,7-8,10H,6,9,11-12H2,1-3H3,(H,22,23,26). The molecule has 0 amide bonds. The molecule has 0 atom stereocenters. The van der Waals surface area contributed by atoms with Crippen molar-refractivity contribution in [1.29, 1.82) is 0 Å². The van der Waals surface area contributed by atoms with Crippen molar-refractivity contribution in [2.75, 3.05) is 6.54 Å². The molecule has 0 bridgehead atoms. The normalized spacial score (nSPS) is 14.4. The number of hydrogen-bond acceptors (Lipinski definition) is 4. The molecule has 0 aromatic carbocycles. The van der Waals surface area contributed by atoms with Crippen LogP contribution in [0.3, 0.4) is 0 Å². The molecule has 3 aromatic rings. The largest absolute Gasteiger partial charge is 0.352 e. The lowest BCUT2D eigenvalue weighted by Crippen LogP contribution is -2.35. The Labute approximate surface area is 152 Å². The van der Waals surface area contributed by atoms with Gasteiger partial charge in [0.05, 0.1) is 11.3 Å². The minimum absolute atomic E-state index is 0.0347. The van der Waals surface area contributed by atoms with Gasteiger partial charge in [-0.2, -0.15) is 0 Å². The summed E-state index contributed by atoms with van der Waals surface area (Å²) < 4.78 is 2.21. The molecule has 0 saturated carbocycles. The lowest BCUT2D eigenvalue weighted by atomic mass is 10.1. The molecule has 0 unspecified atom stereocenters. The Hall–Kier alpha value is -2.73. The zero-order valence-electron chi connectivity index (χ0n) is 15.4. The van der Waals surface area contributed by atoms with Crippen molar-refractivity contribution in [2.24, 2.45) is 7.05 Å². The average Bonchev–Trinajstić information content (AvgIpc) is 2.89. The molecule has 1 aliphatic heterocycles. The first-order chi connectivity index (χ1) is 12.5. The van der Waals surface area contributed by atoms with E-state index < -0.39 is 0 Å². The number of rotatable bonds is 3. The highest BCUT2D eigenvalue weighted by molar-refractivity contribution is 5.54. The predicted molar refractivity (Wildman–Crippen MR) is 101 cm³/mol. The van der Waals surface area contributed by atoms with Gasteiger partial charge in [-0.05, 0) is 37.6 Å². The van der Waals surface area contributed by atoms with E-state index in [1.165, 1.54) is 17.0 Å². The summed E-state index contributed by atoms with van der Waals surface area (Å²) in [6.07, 6.45) is 4.21. The van der Waals surface area contributed by atoms with Crippen molar-refractivity contribution < 1.29 is 0 Å². The number of fused-ring (bicyclic) bond motifs is 1. The van der Waals surface area contributed by atoms with E-state index >= 15 is 0 Å². The Kier molecular flexibility index (Phi) is 4.20. The third-order valence-electron chi connectivity index (χ3n) is 5.38. The molecular formula is C20H23N5O. The van der Waals surface area contributed by atoms with Crippen LogP contribution in [0.25, 0.3) is 11.4 Å². The smallest absolute Gasteiger partial charge is 0.255 e. The molecule has 0 spiro atoms. The maximum Gasteiger partial charge on any atom is 0.255 e. The van der Waals surface area contributed by atoms with Gasteiger partial charge in [0.1, 0.15) is 5.82 Å². The lowest BCUT2D eigenvalue weighted by molar-refractivity contribution is 0.241. The van der Waals surface area contributed by atoms with Gasteiger partial charge in [-0.15, -0.1) is 0 Å². The quantitative estimate of drug-likeness (QED) is 0.788. The van der Waals surface area contributed by atoms with Crippen molar-refractivity contribution in [3.8, 4) is 11.4 Å². The highest BCUT2D eigenvalue weighted by Gasteiger charge is 2.22. The van der Waals surface area contributed by atoms with Crippen molar-refractivity contribution in [3.63, 3.8) is 0 Å². The molecule has 1 N–H and O–H groups in total. The zero-order valence-corrected chi connectivity index (χ0v) is 15.4. The maximum atomic E-state index is 12.6. The molecule has 4 rings (SSSR count). The Morgan fingerprint density at radius 3 is 2.69 bits per heavy atom. The molecule has 6 heteroatoms. The van der Waals surface area contributed by atoms with E-state index in [9.17, 15) is 4.79 Å². The molecule has 0 saturated heterocycles. The molecule has 1 aliphatic rings. The van der Waals surface area contributed by atoms with Crippen molar-refractivity contribution in [2.45, 2.75) is 33.4 Å². The Balaban J connectivity index is 1.59. The second-order valence-electron chi connectivity index (χ2n) is 6.99. The van der Waals surface area contributed by atoms with E-state index in [4.69, 9.17) is 4.98 Å². The summed E-state index contributed by atoms with van der Waals surface area (Å²) in [6, 6.07) is 5.96. The minimum atomic E-state index is -0.0347. The second kappa shape index (κ2) is 6.53. The van der Waals surface area contributed by atoms with Gasteiger partial charge in [0, 0.05) is 62.4 Å². The summed E-state index contributed by atoms with van der Waals surface area (Å²) in [5.41, 5.74) is 6.43. The third kappa shape index (κ3) is 2.97. The van der Waals surface area contributed by atoms with Crippen LogP contribution < -0.4 is 5.56 Å². The van der Waals surface area contributed by atoms with Crippen LogP contribution in [0.15, 0.2) is 35.4 Å². The number of aromatic nitrogens is 4. The second-order valence-corrected chi connectivity index (χ2v) is 6.99. The number of pyridine rings is 1. The van der Waals surface area contributed by atoms with Crippen molar-refractivity contribution in [3.05, 3.63) is 69.2 Å². The minimum Gasteiger partial charge on any atom is -0.352 e. The van der Waals surface area contributed by atoms with Crippen LogP contribution in [0.1, 0.15) is 28.2 Å². The fourth-order valence-corrected chi connectivity index (χ4v) is 3.60. The van der Waals surface area contributed by atoms with Gasteiger partial charge < -0.3 is 9.55 Å². The molecule has 4 heterocycles. The van der Waals surface area contributed by atoms with Gasteiger partial charge in [0.25, 0.3) is 5.56 Å². The first-order valence-electron chi connectivity index (χ1n) is 8.89. The zero-order chi connectivity index (χ0) is 18.3. The summed E-state index contributed by atoms with van der Waals surface area (Å²) >= 11 is 0. The van der Waals surface area contributed by atoms with Gasteiger partial charge in [0.15, 0.2) is 0 Å². The van der Waals surface area contributed by atoms with Gasteiger partial charge in [-0.1, -0.05) is 0 Å². The first-order valence-corrected chi connectivity index (χ1v) is 8.89. The number of hydrogen-bond donors (Lipinski definition) is 1. The Morgan fingerprint density at radius 2 is 2.00 bits per heavy atom. The lowest BCUT2D eigenvalue weighted by Gasteiger charge is -2.27. The summed E-state index contributed by atoms with van der Waals surface area (Å²) in [4.78, 5) is 26.6. The number of nitrogens with one attached hydrogen (secondary N) is 1. The van der Waals surface area contributed by atoms with Crippen LogP contribution in [-0.2, 0) is 26.6 Å². The van der Waals surface area contributed by atoms with Gasteiger partial charge in [-0.25, -0.2) is 4.98 Å². The van der Waals surface area contributed by atoms with Gasteiger partial charge in [0.2, 0.25) is 0 Å². The van der Waals surface area contributed by atoms with E-state index in [0.717, 1.165) is 36.3 Å². The molecule has 26 heavy (non-hydrogen) atoms.